The van der Waals surface area contributed by atoms with Gasteiger partial charge in [0.1, 0.15) is 0 Å². The third kappa shape index (κ3) is 5.06. The molecule has 0 radical (unpaired) electrons. The van der Waals surface area contributed by atoms with Crippen LogP contribution in [0.3, 0.4) is 0 Å². The third-order valence-corrected chi connectivity index (χ3v) is 3.67. The molecule has 1 aromatic heterocycles. The van der Waals surface area contributed by atoms with Crippen LogP contribution in [0, 0.1) is 5.92 Å². The van der Waals surface area contributed by atoms with E-state index >= 15 is 0 Å². The molecule has 21 heavy (non-hydrogen) atoms. The summed E-state index contributed by atoms with van der Waals surface area (Å²) in [6, 6.07) is 5.21. The minimum absolute atomic E-state index is 0.00944. The van der Waals surface area contributed by atoms with Crippen molar-refractivity contribution in [1.82, 2.24) is 15.2 Å². The van der Waals surface area contributed by atoms with Crippen LogP contribution in [0.15, 0.2) is 24.4 Å². The van der Waals surface area contributed by atoms with Crippen molar-refractivity contribution >= 4 is 12.0 Å². The Morgan fingerprint density at radius 1 is 1.48 bits per heavy atom. The number of rotatable bonds is 7. The fraction of sp³-hybridized carbons (Fsp3) is 0.533. The predicted molar refractivity (Wildman–Crippen MR) is 77.9 cm³/mol. The Balaban J connectivity index is 1.79. The van der Waals surface area contributed by atoms with Crippen LogP contribution in [-0.4, -0.2) is 46.6 Å². The largest absolute Gasteiger partial charge is 0.481 e. The van der Waals surface area contributed by atoms with Gasteiger partial charge in [0.15, 0.2) is 0 Å². The highest BCUT2D eigenvalue weighted by Gasteiger charge is 2.34. The lowest BCUT2D eigenvalue weighted by Gasteiger charge is -2.22. The Morgan fingerprint density at radius 3 is 2.81 bits per heavy atom. The zero-order valence-corrected chi connectivity index (χ0v) is 12.2. The second-order valence-corrected chi connectivity index (χ2v) is 5.48. The number of nitrogens with zero attached hydrogens (tertiary/aromatic N) is 2. The van der Waals surface area contributed by atoms with Crippen molar-refractivity contribution in [3.63, 3.8) is 0 Å². The van der Waals surface area contributed by atoms with Crippen molar-refractivity contribution in [1.29, 1.82) is 0 Å². The number of carboxylic acids is 1. The highest BCUT2D eigenvalue weighted by atomic mass is 16.4. The topological polar surface area (TPSA) is 82.5 Å². The highest BCUT2D eigenvalue weighted by molar-refractivity contribution is 5.75. The standard InChI is InChI=1S/C15H21N3O3/c1-18(9-7-12-4-2-3-8-16-12)15(21)17-13(10-14(19)20)11-5-6-11/h2-4,8,11,13H,5-7,9-10H2,1H3,(H,17,21)(H,19,20). The van der Waals surface area contributed by atoms with E-state index in [2.05, 4.69) is 10.3 Å². The Hall–Kier alpha value is -2.11. The van der Waals surface area contributed by atoms with Crippen LogP contribution in [0.5, 0.6) is 0 Å². The molecule has 1 unspecified atom stereocenters. The van der Waals surface area contributed by atoms with E-state index in [0.717, 1.165) is 18.5 Å². The first kappa shape index (κ1) is 15.3. The molecule has 0 spiro atoms. The Bertz CT molecular complexity index is 488. The molecule has 6 nitrogen and oxygen atoms in total. The van der Waals surface area contributed by atoms with Gasteiger partial charge in [0.05, 0.1) is 6.42 Å². The number of hydrogen-bond donors (Lipinski definition) is 2. The van der Waals surface area contributed by atoms with Crippen molar-refractivity contribution in [3.8, 4) is 0 Å². The Labute approximate surface area is 124 Å². The van der Waals surface area contributed by atoms with Crippen LogP contribution in [0.25, 0.3) is 0 Å². The molecule has 0 bridgehead atoms. The molecule has 1 saturated carbocycles. The number of hydrogen-bond acceptors (Lipinski definition) is 3. The molecule has 1 heterocycles. The van der Waals surface area contributed by atoms with Crippen LogP contribution in [0.4, 0.5) is 4.79 Å². The van der Waals surface area contributed by atoms with Crippen LogP contribution in [0.1, 0.15) is 25.0 Å². The lowest BCUT2D eigenvalue weighted by atomic mass is 10.1. The molecule has 114 valence electrons. The molecule has 1 aliphatic rings. The number of amides is 2. The van der Waals surface area contributed by atoms with Gasteiger partial charge in [-0.05, 0) is 30.9 Å². The van der Waals surface area contributed by atoms with E-state index in [0.29, 0.717) is 18.9 Å². The number of aliphatic carboxylic acids is 1. The van der Waals surface area contributed by atoms with Gasteiger partial charge in [-0.3, -0.25) is 9.78 Å². The molecule has 0 saturated heterocycles. The van der Waals surface area contributed by atoms with Gasteiger partial charge in [0.25, 0.3) is 0 Å². The van der Waals surface area contributed by atoms with Gasteiger partial charge in [-0.15, -0.1) is 0 Å². The smallest absolute Gasteiger partial charge is 0.317 e. The first-order chi connectivity index (χ1) is 10.1. The van der Waals surface area contributed by atoms with Gasteiger partial charge in [0.2, 0.25) is 0 Å². The molecule has 2 rings (SSSR count). The molecule has 0 aromatic carbocycles. The second kappa shape index (κ2) is 7.06. The number of carbonyl (C=O) groups excluding carboxylic acids is 1. The fourth-order valence-corrected chi connectivity index (χ4v) is 2.22. The maximum absolute atomic E-state index is 12.1. The number of aromatic nitrogens is 1. The molecule has 1 fully saturated rings. The van der Waals surface area contributed by atoms with Crippen LogP contribution in [0.2, 0.25) is 0 Å². The Kier molecular flexibility index (Phi) is 5.14. The molecule has 2 N–H and O–H groups in total. The van der Waals surface area contributed by atoms with E-state index in [1.165, 1.54) is 0 Å². The maximum Gasteiger partial charge on any atom is 0.317 e. The summed E-state index contributed by atoms with van der Waals surface area (Å²) in [5.41, 5.74) is 0.932. The van der Waals surface area contributed by atoms with Crippen molar-refractivity contribution in [2.75, 3.05) is 13.6 Å². The number of carboxylic acid groups (broad SMARTS) is 1. The number of urea groups is 1. The monoisotopic (exact) mass is 291 g/mol. The third-order valence-electron chi connectivity index (χ3n) is 3.67. The number of likely N-dealkylation sites (N-methyl/N-ethyl adjacent to an activating group) is 1. The minimum atomic E-state index is -0.872. The van der Waals surface area contributed by atoms with Crippen molar-refractivity contribution < 1.29 is 14.7 Å². The quantitative estimate of drug-likeness (QED) is 0.798. The van der Waals surface area contributed by atoms with E-state index in [-0.39, 0.29) is 18.5 Å². The van der Waals surface area contributed by atoms with Crippen LogP contribution in [-0.2, 0) is 11.2 Å². The lowest BCUT2D eigenvalue weighted by molar-refractivity contribution is -0.137. The number of pyridine rings is 1. The van der Waals surface area contributed by atoms with Gasteiger partial charge in [-0.25, -0.2) is 4.79 Å². The SMILES string of the molecule is CN(CCc1ccccn1)C(=O)NC(CC(=O)O)C1CC1. The molecule has 1 aliphatic carbocycles. The summed E-state index contributed by atoms with van der Waals surface area (Å²) in [4.78, 5) is 28.7. The normalized spacial score (nSPS) is 15.3. The molecule has 6 heteroatoms. The maximum atomic E-state index is 12.1. The van der Waals surface area contributed by atoms with Gasteiger partial charge < -0.3 is 15.3 Å². The van der Waals surface area contributed by atoms with E-state index < -0.39 is 5.97 Å². The molecular weight excluding hydrogens is 270 g/mol. The van der Waals surface area contributed by atoms with Gasteiger partial charge >= 0.3 is 12.0 Å². The molecule has 2 amide bonds. The first-order valence-electron chi connectivity index (χ1n) is 7.19. The molecule has 1 aromatic rings. The van der Waals surface area contributed by atoms with Gasteiger partial charge in [0, 0.05) is 37.9 Å². The highest BCUT2D eigenvalue weighted by Crippen LogP contribution is 2.34. The van der Waals surface area contributed by atoms with Gasteiger partial charge in [-0.2, -0.15) is 0 Å². The Morgan fingerprint density at radius 2 is 2.24 bits per heavy atom. The van der Waals surface area contributed by atoms with E-state index in [4.69, 9.17) is 5.11 Å². The number of carbonyl (C=O) groups is 2. The summed E-state index contributed by atoms with van der Waals surface area (Å²) < 4.78 is 0. The summed E-state index contributed by atoms with van der Waals surface area (Å²) >= 11 is 0. The zero-order chi connectivity index (χ0) is 15.2. The summed E-state index contributed by atoms with van der Waals surface area (Å²) in [6.07, 6.45) is 4.39. The fourth-order valence-electron chi connectivity index (χ4n) is 2.22. The predicted octanol–water partition coefficient (Wildman–Crippen LogP) is 1.52. The summed E-state index contributed by atoms with van der Waals surface area (Å²) in [6.45, 7) is 0.549. The van der Waals surface area contributed by atoms with Crippen molar-refractivity contribution in [3.05, 3.63) is 30.1 Å². The minimum Gasteiger partial charge on any atom is -0.481 e. The molecular formula is C15H21N3O3. The van der Waals surface area contributed by atoms with Crippen LogP contribution >= 0.6 is 0 Å². The number of nitrogens with one attached hydrogen (secondary N) is 1. The lowest BCUT2D eigenvalue weighted by Crippen LogP contribution is -2.45. The zero-order valence-electron chi connectivity index (χ0n) is 12.2. The van der Waals surface area contributed by atoms with E-state index in [9.17, 15) is 9.59 Å². The first-order valence-corrected chi connectivity index (χ1v) is 7.19. The van der Waals surface area contributed by atoms with Crippen LogP contribution < -0.4 is 5.32 Å². The molecule has 1 atom stereocenters. The summed E-state index contributed by atoms with van der Waals surface area (Å²) in [5, 5.41) is 11.7. The second-order valence-electron chi connectivity index (χ2n) is 5.48. The van der Waals surface area contributed by atoms with E-state index in [1.807, 2.05) is 18.2 Å². The van der Waals surface area contributed by atoms with Crippen molar-refractivity contribution in [2.24, 2.45) is 5.92 Å². The van der Waals surface area contributed by atoms with Gasteiger partial charge in [-0.1, -0.05) is 6.07 Å². The van der Waals surface area contributed by atoms with E-state index in [1.54, 1.807) is 18.1 Å². The van der Waals surface area contributed by atoms with Crippen molar-refractivity contribution in [2.45, 2.75) is 31.7 Å². The summed E-state index contributed by atoms with van der Waals surface area (Å²) in [7, 11) is 1.71. The molecule has 0 aliphatic heterocycles. The average Bonchev–Trinajstić information content (AvgIpc) is 3.29. The average molecular weight is 291 g/mol. The summed E-state index contributed by atoms with van der Waals surface area (Å²) in [5.74, 6) is -0.558.